The lowest BCUT2D eigenvalue weighted by molar-refractivity contribution is -0.118. The summed E-state index contributed by atoms with van der Waals surface area (Å²) in [5, 5.41) is 2.09. The standard InChI is InChI=1S/C24H21Cl2N3OS2/c1-16-20(26)10-11-21-23(16)28-24(32-21)29(15-17-4-2-12-27-14-17)22(30)5-3-13-31-19-8-6-18(25)7-9-19/h2,4,6-12,14H,3,5,13,15H2,1H3. The van der Waals surface area contributed by atoms with E-state index in [2.05, 4.69) is 4.98 Å². The molecule has 8 heteroatoms. The maximum atomic E-state index is 13.3. The van der Waals surface area contributed by atoms with Crippen LogP contribution in [0.4, 0.5) is 5.13 Å². The highest BCUT2D eigenvalue weighted by atomic mass is 35.5. The third-order valence-electron chi connectivity index (χ3n) is 4.95. The number of thioether (sulfide) groups is 1. The topological polar surface area (TPSA) is 46.1 Å². The van der Waals surface area contributed by atoms with Crippen LogP contribution in [0.15, 0.2) is 65.8 Å². The van der Waals surface area contributed by atoms with Gasteiger partial charge in [-0.25, -0.2) is 4.98 Å². The summed E-state index contributed by atoms with van der Waals surface area (Å²) in [6.07, 6.45) is 4.72. The van der Waals surface area contributed by atoms with E-state index in [9.17, 15) is 4.79 Å². The number of anilines is 1. The molecule has 4 rings (SSSR count). The van der Waals surface area contributed by atoms with Gasteiger partial charge in [0.15, 0.2) is 5.13 Å². The number of hydrogen-bond donors (Lipinski definition) is 0. The maximum Gasteiger partial charge on any atom is 0.229 e. The van der Waals surface area contributed by atoms with Crippen LogP contribution in [0.25, 0.3) is 10.2 Å². The van der Waals surface area contributed by atoms with Gasteiger partial charge in [0.1, 0.15) is 0 Å². The molecule has 2 aromatic heterocycles. The summed E-state index contributed by atoms with van der Waals surface area (Å²) in [6, 6.07) is 15.4. The Labute approximate surface area is 205 Å². The van der Waals surface area contributed by atoms with Crippen LogP contribution < -0.4 is 4.90 Å². The van der Waals surface area contributed by atoms with Gasteiger partial charge in [-0.2, -0.15) is 0 Å². The van der Waals surface area contributed by atoms with E-state index in [-0.39, 0.29) is 5.91 Å². The number of aryl methyl sites for hydroxylation is 1. The van der Waals surface area contributed by atoms with Gasteiger partial charge in [0, 0.05) is 33.8 Å². The van der Waals surface area contributed by atoms with Crippen LogP contribution in [0.5, 0.6) is 0 Å². The zero-order valence-electron chi connectivity index (χ0n) is 17.4. The predicted octanol–water partition coefficient (Wildman–Crippen LogP) is 7.41. The molecule has 0 spiro atoms. The van der Waals surface area contributed by atoms with E-state index in [4.69, 9.17) is 28.2 Å². The van der Waals surface area contributed by atoms with Crippen molar-refractivity contribution in [3.05, 3.63) is 82.1 Å². The molecule has 0 saturated heterocycles. The molecule has 0 fully saturated rings. The number of amides is 1. The lowest BCUT2D eigenvalue weighted by Gasteiger charge is -2.20. The third kappa shape index (κ3) is 5.62. The molecule has 2 aromatic carbocycles. The molecule has 32 heavy (non-hydrogen) atoms. The summed E-state index contributed by atoms with van der Waals surface area (Å²) in [6.45, 7) is 2.39. The number of nitrogens with zero attached hydrogens (tertiary/aromatic N) is 3. The number of aromatic nitrogens is 2. The van der Waals surface area contributed by atoms with E-state index in [1.807, 2.05) is 55.5 Å². The Morgan fingerprint density at radius 3 is 2.69 bits per heavy atom. The summed E-state index contributed by atoms with van der Waals surface area (Å²) < 4.78 is 1.02. The van der Waals surface area contributed by atoms with Crippen LogP contribution in [0, 0.1) is 6.92 Å². The molecule has 1 amide bonds. The Morgan fingerprint density at radius 2 is 1.94 bits per heavy atom. The van der Waals surface area contributed by atoms with Gasteiger partial charge in [0.2, 0.25) is 5.91 Å². The van der Waals surface area contributed by atoms with Crippen LogP contribution in [-0.4, -0.2) is 21.6 Å². The Morgan fingerprint density at radius 1 is 1.12 bits per heavy atom. The van der Waals surface area contributed by atoms with Crippen molar-refractivity contribution in [3.8, 4) is 0 Å². The molecule has 0 N–H and O–H groups in total. The average molecular weight is 502 g/mol. The lowest BCUT2D eigenvalue weighted by atomic mass is 10.2. The van der Waals surface area contributed by atoms with Gasteiger partial charge < -0.3 is 0 Å². The fourth-order valence-electron chi connectivity index (χ4n) is 3.22. The molecule has 2 heterocycles. The minimum atomic E-state index is 0.0494. The second kappa shape index (κ2) is 10.7. The van der Waals surface area contributed by atoms with Gasteiger partial charge >= 0.3 is 0 Å². The summed E-state index contributed by atoms with van der Waals surface area (Å²) in [7, 11) is 0. The zero-order chi connectivity index (χ0) is 22.5. The van der Waals surface area contributed by atoms with Crippen molar-refractivity contribution < 1.29 is 4.79 Å². The van der Waals surface area contributed by atoms with Crippen LogP contribution in [0.2, 0.25) is 10.0 Å². The molecule has 0 aliphatic rings. The Balaban J connectivity index is 1.49. The number of fused-ring (bicyclic) bond motifs is 1. The van der Waals surface area contributed by atoms with Crippen molar-refractivity contribution in [2.45, 2.75) is 31.2 Å². The Kier molecular flexibility index (Phi) is 7.68. The number of pyridine rings is 1. The first-order valence-electron chi connectivity index (χ1n) is 10.1. The molecule has 0 bridgehead atoms. The van der Waals surface area contributed by atoms with Crippen molar-refractivity contribution in [3.63, 3.8) is 0 Å². The van der Waals surface area contributed by atoms with Crippen molar-refractivity contribution in [1.29, 1.82) is 0 Å². The fraction of sp³-hybridized carbons (Fsp3) is 0.208. The fourth-order valence-corrected chi connectivity index (χ4v) is 5.39. The van der Waals surface area contributed by atoms with E-state index >= 15 is 0 Å². The number of halogens is 2. The van der Waals surface area contributed by atoms with Gasteiger partial charge in [-0.15, -0.1) is 11.8 Å². The first-order valence-corrected chi connectivity index (χ1v) is 12.7. The monoisotopic (exact) mass is 501 g/mol. The van der Waals surface area contributed by atoms with Crippen LogP contribution in [-0.2, 0) is 11.3 Å². The van der Waals surface area contributed by atoms with Crippen molar-refractivity contribution in [1.82, 2.24) is 9.97 Å². The SMILES string of the molecule is Cc1c(Cl)ccc2sc(N(Cc3cccnc3)C(=O)CCCSc3ccc(Cl)cc3)nc12. The Hall–Kier alpha value is -2.12. The normalized spacial score (nSPS) is 11.1. The molecule has 0 saturated carbocycles. The van der Waals surface area contributed by atoms with Crippen molar-refractivity contribution in [2.24, 2.45) is 0 Å². The summed E-state index contributed by atoms with van der Waals surface area (Å²) in [5.41, 5.74) is 2.74. The summed E-state index contributed by atoms with van der Waals surface area (Å²) in [4.78, 5) is 25.1. The van der Waals surface area contributed by atoms with Gasteiger partial charge in [0.25, 0.3) is 0 Å². The van der Waals surface area contributed by atoms with Crippen LogP contribution in [0.3, 0.4) is 0 Å². The molecule has 4 nitrogen and oxygen atoms in total. The quantitative estimate of drug-likeness (QED) is 0.186. The zero-order valence-corrected chi connectivity index (χ0v) is 20.6. The second-order valence-corrected chi connectivity index (χ2v) is 10.3. The average Bonchev–Trinajstić information content (AvgIpc) is 3.24. The van der Waals surface area contributed by atoms with Gasteiger partial charge in [0.05, 0.1) is 16.8 Å². The molecular weight excluding hydrogens is 481 g/mol. The molecule has 164 valence electrons. The predicted molar refractivity (Wildman–Crippen MR) is 136 cm³/mol. The molecule has 0 radical (unpaired) electrons. The van der Waals surface area contributed by atoms with Crippen LogP contribution in [0.1, 0.15) is 24.0 Å². The van der Waals surface area contributed by atoms with E-state index in [1.165, 1.54) is 11.3 Å². The van der Waals surface area contributed by atoms with Gasteiger partial charge in [-0.05, 0) is 72.7 Å². The second-order valence-electron chi connectivity index (χ2n) is 7.26. The summed E-state index contributed by atoms with van der Waals surface area (Å²) in [5.74, 6) is 0.899. The largest absolute Gasteiger partial charge is 0.284 e. The number of rotatable bonds is 8. The maximum absolute atomic E-state index is 13.3. The molecule has 0 unspecified atom stereocenters. The number of carbonyl (C=O) groups is 1. The third-order valence-corrected chi connectivity index (χ3v) is 7.75. The number of benzene rings is 2. The molecule has 0 atom stereocenters. The highest BCUT2D eigenvalue weighted by Crippen LogP contribution is 2.34. The van der Waals surface area contributed by atoms with Crippen LogP contribution >= 0.6 is 46.3 Å². The Bertz CT molecular complexity index is 1210. The number of hydrogen-bond acceptors (Lipinski definition) is 5. The lowest BCUT2D eigenvalue weighted by Crippen LogP contribution is -2.30. The first kappa shape index (κ1) is 23.1. The van der Waals surface area contributed by atoms with E-state index in [0.29, 0.717) is 23.1 Å². The first-order chi connectivity index (χ1) is 15.5. The molecule has 0 aliphatic carbocycles. The van der Waals surface area contributed by atoms with Crippen molar-refractivity contribution >= 4 is 67.6 Å². The van der Waals surface area contributed by atoms with E-state index < -0.39 is 0 Å². The van der Waals surface area contributed by atoms with Gasteiger partial charge in [-0.1, -0.05) is 40.6 Å². The molecule has 0 aliphatic heterocycles. The van der Waals surface area contributed by atoms with E-state index in [1.54, 1.807) is 29.1 Å². The highest BCUT2D eigenvalue weighted by Gasteiger charge is 2.21. The smallest absolute Gasteiger partial charge is 0.229 e. The number of carbonyl (C=O) groups excluding carboxylic acids is 1. The van der Waals surface area contributed by atoms with Crippen molar-refractivity contribution in [2.75, 3.05) is 10.7 Å². The molecular formula is C24H21Cl2N3OS2. The highest BCUT2D eigenvalue weighted by molar-refractivity contribution is 7.99. The minimum absolute atomic E-state index is 0.0494. The summed E-state index contributed by atoms with van der Waals surface area (Å²) >= 11 is 15.5. The van der Waals surface area contributed by atoms with Gasteiger partial charge in [-0.3, -0.25) is 14.7 Å². The van der Waals surface area contributed by atoms with E-state index in [0.717, 1.165) is 43.4 Å². The minimum Gasteiger partial charge on any atom is -0.284 e. The molecule has 4 aromatic rings. The number of thiazole rings is 1.